The molecule has 3 rings (SSSR count). The molecule has 0 radical (unpaired) electrons. The predicted molar refractivity (Wildman–Crippen MR) is 68.3 cm³/mol. The molecule has 0 unspecified atom stereocenters. The highest BCUT2D eigenvalue weighted by Crippen LogP contribution is 2.28. The summed E-state index contributed by atoms with van der Waals surface area (Å²) >= 11 is 0. The van der Waals surface area contributed by atoms with Crippen LogP contribution in [0.5, 0.6) is 5.75 Å². The zero-order valence-electron chi connectivity index (χ0n) is 9.81. The number of aromatic nitrogens is 1. The van der Waals surface area contributed by atoms with Crippen molar-refractivity contribution in [3.05, 3.63) is 30.5 Å². The van der Waals surface area contributed by atoms with Gasteiger partial charge in [-0.25, -0.2) is 5.43 Å². The first-order valence-electron chi connectivity index (χ1n) is 5.82. The van der Waals surface area contributed by atoms with Gasteiger partial charge >= 0.3 is 0 Å². The lowest BCUT2D eigenvalue weighted by molar-refractivity contribution is 0.415. The van der Waals surface area contributed by atoms with Crippen molar-refractivity contribution >= 4 is 16.6 Å². The highest BCUT2D eigenvalue weighted by atomic mass is 16.5. The van der Waals surface area contributed by atoms with E-state index in [1.807, 2.05) is 30.5 Å². The summed E-state index contributed by atoms with van der Waals surface area (Å²) in [5.74, 6) is 0.867. The number of anilines is 1. The molecule has 2 aromatic rings. The van der Waals surface area contributed by atoms with Crippen molar-refractivity contribution in [1.29, 1.82) is 0 Å². The van der Waals surface area contributed by atoms with E-state index >= 15 is 0 Å². The Labute approximate surface area is 100 Å². The molecule has 4 nitrogen and oxygen atoms in total. The fourth-order valence-corrected chi connectivity index (χ4v) is 2.21. The summed E-state index contributed by atoms with van der Waals surface area (Å²) < 4.78 is 5.27. The van der Waals surface area contributed by atoms with Gasteiger partial charge in [0.2, 0.25) is 0 Å². The maximum atomic E-state index is 5.27. The molecule has 0 spiro atoms. The minimum atomic E-state index is 0.867. The van der Waals surface area contributed by atoms with Crippen LogP contribution in [0.15, 0.2) is 30.5 Å². The summed E-state index contributed by atoms with van der Waals surface area (Å²) in [6.07, 6.45) is 3.03. The lowest BCUT2D eigenvalue weighted by atomic mass is 10.1. The van der Waals surface area contributed by atoms with E-state index < -0.39 is 0 Å². The molecular formula is C13H15N3O. The van der Waals surface area contributed by atoms with Crippen LogP contribution in [-0.4, -0.2) is 25.2 Å². The monoisotopic (exact) mass is 229 g/mol. The molecule has 17 heavy (non-hydrogen) atoms. The minimum absolute atomic E-state index is 0.867. The summed E-state index contributed by atoms with van der Waals surface area (Å²) in [6.45, 7) is 2.07. The Balaban J connectivity index is 2.15. The molecule has 0 atom stereocenters. The highest BCUT2D eigenvalue weighted by molar-refractivity contribution is 5.92. The Morgan fingerprint density at radius 2 is 2.29 bits per heavy atom. The number of hydrogen-bond donors (Lipinski definition) is 1. The number of methoxy groups -OCH3 is 1. The number of hydrogen-bond acceptors (Lipinski definition) is 4. The number of pyridine rings is 1. The van der Waals surface area contributed by atoms with Gasteiger partial charge in [0.15, 0.2) is 0 Å². The third-order valence-corrected chi connectivity index (χ3v) is 3.08. The molecule has 1 aliphatic rings. The third kappa shape index (κ3) is 1.80. The summed E-state index contributed by atoms with van der Waals surface area (Å²) in [5, 5.41) is 3.31. The van der Waals surface area contributed by atoms with Crippen LogP contribution in [0.25, 0.3) is 10.9 Å². The van der Waals surface area contributed by atoms with Crippen molar-refractivity contribution in [2.75, 3.05) is 25.2 Å². The van der Waals surface area contributed by atoms with E-state index in [0.717, 1.165) is 29.7 Å². The van der Waals surface area contributed by atoms with Gasteiger partial charge in [0, 0.05) is 24.7 Å². The van der Waals surface area contributed by atoms with Crippen LogP contribution >= 0.6 is 0 Å². The number of hydrazine groups is 1. The standard InChI is InChI=1S/C13H15N3O/c1-17-10-3-4-12-11(9-10)13(5-7-14-12)16-8-2-6-15-16/h3-5,7,9,15H,2,6,8H2,1H3. The van der Waals surface area contributed by atoms with Crippen molar-refractivity contribution in [2.24, 2.45) is 0 Å². The second kappa shape index (κ2) is 4.22. The van der Waals surface area contributed by atoms with Crippen LogP contribution in [0.4, 0.5) is 5.69 Å². The maximum Gasteiger partial charge on any atom is 0.119 e. The second-order valence-corrected chi connectivity index (χ2v) is 4.13. The molecule has 0 aliphatic carbocycles. The van der Waals surface area contributed by atoms with Gasteiger partial charge in [-0.05, 0) is 30.7 Å². The number of rotatable bonds is 2. The third-order valence-electron chi connectivity index (χ3n) is 3.08. The lowest BCUT2D eigenvalue weighted by Gasteiger charge is -2.19. The SMILES string of the molecule is COc1ccc2nccc(N3CCCN3)c2c1. The number of ether oxygens (including phenoxy) is 1. The zero-order valence-corrected chi connectivity index (χ0v) is 9.81. The molecule has 1 fully saturated rings. The Morgan fingerprint density at radius 1 is 1.35 bits per heavy atom. The summed E-state index contributed by atoms with van der Waals surface area (Å²) in [4.78, 5) is 4.38. The first kappa shape index (κ1) is 10.4. The van der Waals surface area contributed by atoms with E-state index in [1.54, 1.807) is 7.11 Å². The molecule has 1 aromatic heterocycles. The summed E-state index contributed by atoms with van der Waals surface area (Å²) in [7, 11) is 1.69. The van der Waals surface area contributed by atoms with Crippen LogP contribution in [0.1, 0.15) is 6.42 Å². The molecule has 0 bridgehead atoms. The van der Waals surface area contributed by atoms with Gasteiger partial charge in [-0.1, -0.05) is 0 Å². The number of nitrogens with one attached hydrogen (secondary N) is 1. The van der Waals surface area contributed by atoms with Crippen LogP contribution in [-0.2, 0) is 0 Å². The zero-order chi connectivity index (χ0) is 11.7. The molecule has 1 N–H and O–H groups in total. The van der Waals surface area contributed by atoms with Crippen molar-refractivity contribution in [3.63, 3.8) is 0 Å². The summed E-state index contributed by atoms with van der Waals surface area (Å²) in [5.41, 5.74) is 5.54. The number of fused-ring (bicyclic) bond motifs is 1. The highest BCUT2D eigenvalue weighted by Gasteiger charge is 2.14. The van der Waals surface area contributed by atoms with Gasteiger partial charge in [0.25, 0.3) is 0 Å². The molecule has 1 aliphatic heterocycles. The molecule has 1 aromatic carbocycles. The van der Waals surface area contributed by atoms with Crippen LogP contribution in [0.3, 0.4) is 0 Å². The van der Waals surface area contributed by atoms with E-state index in [0.29, 0.717) is 0 Å². The second-order valence-electron chi connectivity index (χ2n) is 4.13. The number of nitrogens with zero attached hydrogens (tertiary/aromatic N) is 2. The first-order valence-corrected chi connectivity index (χ1v) is 5.82. The molecule has 2 heterocycles. The molecule has 4 heteroatoms. The van der Waals surface area contributed by atoms with Gasteiger partial charge in [-0.2, -0.15) is 0 Å². The van der Waals surface area contributed by atoms with Crippen molar-refractivity contribution in [2.45, 2.75) is 6.42 Å². The molecular weight excluding hydrogens is 214 g/mol. The summed E-state index contributed by atoms with van der Waals surface area (Å²) in [6, 6.07) is 8.02. The predicted octanol–water partition coefficient (Wildman–Crippen LogP) is 1.96. The minimum Gasteiger partial charge on any atom is -0.497 e. The Morgan fingerprint density at radius 3 is 3.06 bits per heavy atom. The average Bonchev–Trinajstić information content (AvgIpc) is 2.91. The van der Waals surface area contributed by atoms with Crippen molar-refractivity contribution < 1.29 is 4.74 Å². The van der Waals surface area contributed by atoms with Gasteiger partial charge in [-0.15, -0.1) is 0 Å². The van der Waals surface area contributed by atoms with Gasteiger partial charge in [0.1, 0.15) is 5.75 Å². The molecule has 88 valence electrons. The van der Waals surface area contributed by atoms with Crippen LogP contribution < -0.4 is 15.2 Å². The Kier molecular flexibility index (Phi) is 2.57. The van der Waals surface area contributed by atoms with E-state index in [9.17, 15) is 0 Å². The smallest absolute Gasteiger partial charge is 0.119 e. The van der Waals surface area contributed by atoms with Crippen molar-refractivity contribution in [1.82, 2.24) is 10.4 Å². The van der Waals surface area contributed by atoms with Gasteiger partial charge in [-0.3, -0.25) is 4.98 Å². The molecule has 1 saturated heterocycles. The van der Waals surface area contributed by atoms with E-state index in [2.05, 4.69) is 15.4 Å². The Bertz CT molecular complexity index is 535. The first-order chi connectivity index (χ1) is 8.38. The largest absolute Gasteiger partial charge is 0.497 e. The quantitative estimate of drug-likeness (QED) is 0.854. The topological polar surface area (TPSA) is 37.4 Å². The average molecular weight is 229 g/mol. The fourth-order valence-electron chi connectivity index (χ4n) is 2.21. The lowest BCUT2D eigenvalue weighted by Crippen LogP contribution is -2.30. The van der Waals surface area contributed by atoms with Crippen molar-refractivity contribution in [3.8, 4) is 5.75 Å². The Hall–Kier alpha value is -1.81. The van der Waals surface area contributed by atoms with E-state index in [1.165, 1.54) is 12.1 Å². The molecule has 0 saturated carbocycles. The van der Waals surface area contributed by atoms with Gasteiger partial charge < -0.3 is 9.75 Å². The van der Waals surface area contributed by atoms with Crippen LogP contribution in [0, 0.1) is 0 Å². The van der Waals surface area contributed by atoms with Gasteiger partial charge in [0.05, 0.1) is 18.3 Å². The number of benzene rings is 1. The van der Waals surface area contributed by atoms with E-state index in [4.69, 9.17) is 4.74 Å². The van der Waals surface area contributed by atoms with Crippen LogP contribution in [0.2, 0.25) is 0 Å². The normalized spacial score (nSPS) is 15.5. The van der Waals surface area contributed by atoms with E-state index in [-0.39, 0.29) is 0 Å². The molecule has 0 amide bonds. The maximum absolute atomic E-state index is 5.27. The fraction of sp³-hybridized carbons (Fsp3) is 0.308.